The Balaban J connectivity index is 1.78. The number of esters is 1. The Morgan fingerprint density at radius 3 is 2.60 bits per heavy atom. The minimum atomic E-state index is -0.364. The normalized spacial score (nSPS) is 10.8. The summed E-state index contributed by atoms with van der Waals surface area (Å²) in [4.78, 5) is 12.6. The first kappa shape index (κ1) is 19.5. The molecule has 0 bridgehead atoms. The van der Waals surface area contributed by atoms with Crippen molar-refractivity contribution in [3.63, 3.8) is 0 Å². The van der Waals surface area contributed by atoms with Crippen LogP contribution in [0.4, 0.5) is 0 Å². The predicted octanol–water partition coefficient (Wildman–Crippen LogP) is 4.82. The number of rotatable bonds is 6. The summed E-state index contributed by atoms with van der Waals surface area (Å²) in [6.07, 6.45) is 3.78. The van der Waals surface area contributed by atoms with E-state index in [1.54, 1.807) is 13.0 Å². The molecule has 1 aromatic heterocycles. The van der Waals surface area contributed by atoms with Crippen molar-refractivity contribution in [2.24, 2.45) is 5.73 Å². The first-order valence-corrected chi connectivity index (χ1v) is 9.85. The molecule has 0 atom stereocenters. The summed E-state index contributed by atoms with van der Waals surface area (Å²) in [5.74, 6) is -0.373. The molecule has 0 spiro atoms. The van der Waals surface area contributed by atoms with E-state index < -0.39 is 0 Å². The average Bonchev–Trinajstić information content (AvgIpc) is 3.18. The van der Waals surface area contributed by atoms with Crippen molar-refractivity contribution in [2.75, 3.05) is 6.61 Å². The number of hydrogen-bond acceptors (Lipinski definition) is 3. The molecule has 30 heavy (non-hydrogen) atoms. The SMILES string of the molecule is CCOC(=O)c1cn(Cc2cccc3ccccc23)cc1-c1cccc(C(=N)N)c1. The molecule has 0 saturated carbocycles. The molecular formula is C25H23N3O2. The molecule has 4 rings (SSSR count). The van der Waals surface area contributed by atoms with Gasteiger partial charge in [0.15, 0.2) is 0 Å². The van der Waals surface area contributed by atoms with E-state index in [0.29, 0.717) is 24.3 Å². The van der Waals surface area contributed by atoms with Gasteiger partial charge < -0.3 is 15.0 Å². The monoisotopic (exact) mass is 397 g/mol. The van der Waals surface area contributed by atoms with Gasteiger partial charge in [-0.15, -0.1) is 0 Å². The zero-order chi connectivity index (χ0) is 21.1. The molecule has 0 radical (unpaired) electrons. The number of ether oxygens (including phenoxy) is 1. The highest BCUT2D eigenvalue weighted by Crippen LogP contribution is 2.28. The van der Waals surface area contributed by atoms with Gasteiger partial charge >= 0.3 is 5.97 Å². The fraction of sp³-hybridized carbons (Fsp3) is 0.120. The maximum Gasteiger partial charge on any atom is 0.340 e. The van der Waals surface area contributed by atoms with Crippen molar-refractivity contribution < 1.29 is 9.53 Å². The molecule has 0 amide bonds. The maximum absolute atomic E-state index is 12.6. The lowest BCUT2D eigenvalue weighted by Crippen LogP contribution is -2.10. The number of nitrogens with zero attached hydrogens (tertiary/aromatic N) is 1. The summed E-state index contributed by atoms with van der Waals surface area (Å²) < 4.78 is 7.29. The Kier molecular flexibility index (Phi) is 5.35. The molecule has 0 saturated heterocycles. The highest BCUT2D eigenvalue weighted by atomic mass is 16.5. The van der Waals surface area contributed by atoms with E-state index in [0.717, 1.165) is 11.1 Å². The quantitative estimate of drug-likeness (QED) is 0.278. The van der Waals surface area contributed by atoms with Gasteiger partial charge in [0.1, 0.15) is 5.84 Å². The van der Waals surface area contributed by atoms with Gasteiger partial charge in [0, 0.05) is 30.1 Å². The lowest BCUT2D eigenvalue weighted by molar-refractivity contribution is 0.0527. The van der Waals surface area contributed by atoms with Gasteiger partial charge in [0.05, 0.1) is 12.2 Å². The van der Waals surface area contributed by atoms with Crippen LogP contribution in [0, 0.1) is 5.41 Å². The van der Waals surface area contributed by atoms with Gasteiger partial charge in [-0.2, -0.15) is 0 Å². The van der Waals surface area contributed by atoms with Crippen LogP contribution < -0.4 is 5.73 Å². The van der Waals surface area contributed by atoms with Crippen LogP contribution in [0.15, 0.2) is 79.1 Å². The molecule has 3 N–H and O–H groups in total. The van der Waals surface area contributed by atoms with Crippen LogP contribution >= 0.6 is 0 Å². The molecular weight excluding hydrogens is 374 g/mol. The molecule has 3 aromatic carbocycles. The largest absolute Gasteiger partial charge is 0.462 e. The summed E-state index contributed by atoms with van der Waals surface area (Å²) in [5, 5.41) is 10.1. The van der Waals surface area contributed by atoms with Crippen LogP contribution in [0.5, 0.6) is 0 Å². The van der Waals surface area contributed by atoms with Crippen LogP contribution in [0.25, 0.3) is 21.9 Å². The Bertz CT molecular complexity index is 1230. The van der Waals surface area contributed by atoms with E-state index in [9.17, 15) is 4.79 Å². The Labute approximate surface area is 175 Å². The van der Waals surface area contributed by atoms with Crippen molar-refractivity contribution in [2.45, 2.75) is 13.5 Å². The minimum Gasteiger partial charge on any atom is -0.462 e. The van der Waals surface area contributed by atoms with Crippen LogP contribution in [-0.2, 0) is 11.3 Å². The number of carbonyl (C=O) groups excluding carboxylic acids is 1. The van der Waals surface area contributed by atoms with E-state index in [1.165, 1.54) is 16.3 Å². The third-order valence-corrected chi connectivity index (χ3v) is 5.09. The molecule has 4 aromatic rings. The summed E-state index contributed by atoms with van der Waals surface area (Å²) >= 11 is 0. The fourth-order valence-electron chi connectivity index (χ4n) is 3.68. The molecule has 0 fully saturated rings. The number of carbonyl (C=O) groups is 1. The Morgan fingerprint density at radius 2 is 1.80 bits per heavy atom. The van der Waals surface area contributed by atoms with Gasteiger partial charge in [-0.3, -0.25) is 5.41 Å². The number of benzene rings is 3. The molecule has 0 aliphatic rings. The average molecular weight is 397 g/mol. The van der Waals surface area contributed by atoms with Crippen molar-refractivity contribution in [3.05, 3.63) is 95.8 Å². The third kappa shape index (κ3) is 3.82. The smallest absolute Gasteiger partial charge is 0.340 e. The van der Waals surface area contributed by atoms with E-state index >= 15 is 0 Å². The molecule has 0 unspecified atom stereocenters. The van der Waals surface area contributed by atoms with Gasteiger partial charge in [-0.1, -0.05) is 60.7 Å². The number of nitrogen functional groups attached to an aromatic ring is 1. The highest BCUT2D eigenvalue weighted by molar-refractivity contribution is 5.99. The summed E-state index contributed by atoms with van der Waals surface area (Å²) in [6, 6.07) is 21.9. The Hall–Kier alpha value is -3.86. The third-order valence-electron chi connectivity index (χ3n) is 5.09. The molecule has 5 heteroatoms. The second kappa shape index (κ2) is 8.25. The van der Waals surface area contributed by atoms with Crippen LogP contribution in [0.3, 0.4) is 0 Å². The van der Waals surface area contributed by atoms with Crippen molar-refractivity contribution in [1.82, 2.24) is 4.57 Å². The lowest BCUT2D eigenvalue weighted by Gasteiger charge is -2.08. The van der Waals surface area contributed by atoms with E-state index in [4.69, 9.17) is 15.9 Å². The van der Waals surface area contributed by atoms with Crippen LogP contribution in [-0.4, -0.2) is 23.0 Å². The summed E-state index contributed by atoms with van der Waals surface area (Å²) in [6.45, 7) is 2.72. The number of amidine groups is 1. The van der Waals surface area contributed by atoms with E-state index in [-0.39, 0.29) is 11.8 Å². The number of aromatic nitrogens is 1. The van der Waals surface area contributed by atoms with Crippen LogP contribution in [0.2, 0.25) is 0 Å². The first-order valence-electron chi connectivity index (χ1n) is 9.85. The molecule has 1 heterocycles. The number of nitrogens with one attached hydrogen (secondary N) is 1. The molecule has 5 nitrogen and oxygen atoms in total. The van der Waals surface area contributed by atoms with E-state index in [2.05, 4.69) is 24.3 Å². The standard InChI is InChI=1S/C25H23N3O2/c1-2-30-25(29)23-16-28(14-20-11-5-8-17-7-3-4-12-21(17)20)15-22(23)18-9-6-10-19(13-18)24(26)27/h3-13,15-16H,2,14H2,1H3,(H3,26,27). The van der Waals surface area contributed by atoms with Crippen molar-refractivity contribution in [1.29, 1.82) is 5.41 Å². The molecule has 0 aliphatic carbocycles. The Morgan fingerprint density at radius 1 is 1.03 bits per heavy atom. The van der Waals surface area contributed by atoms with Crippen LogP contribution in [0.1, 0.15) is 28.4 Å². The zero-order valence-corrected chi connectivity index (χ0v) is 16.8. The lowest BCUT2D eigenvalue weighted by atomic mass is 10.0. The number of nitrogens with two attached hydrogens (primary N) is 1. The summed E-state index contributed by atoms with van der Waals surface area (Å²) in [7, 11) is 0. The second-order valence-electron chi connectivity index (χ2n) is 7.11. The van der Waals surface area contributed by atoms with Crippen molar-refractivity contribution in [3.8, 4) is 11.1 Å². The number of hydrogen-bond donors (Lipinski definition) is 2. The van der Waals surface area contributed by atoms with Gasteiger partial charge in [0.2, 0.25) is 0 Å². The maximum atomic E-state index is 12.6. The van der Waals surface area contributed by atoms with Gasteiger partial charge in [-0.25, -0.2) is 4.79 Å². The fourth-order valence-corrected chi connectivity index (χ4v) is 3.68. The van der Waals surface area contributed by atoms with Gasteiger partial charge in [0.25, 0.3) is 0 Å². The van der Waals surface area contributed by atoms with E-state index in [1.807, 2.05) is 53.4 Å². The summed E-state index contributed by atoms with van der Waals surface area (Å²) in [5.41, 5.74) is 9.52. The topological polar surface area (TPSA) is 81.1 Å². The van der Waals surface area contributed by atoms with Gasteiger partial charge in [-0.05, 0) is 34.9 Å². The highest BCUT2D eigenvalue weighted by Gasteiger charge is 2.18. The molecule has 150 valence electrons. The predicted molar refractivity (Wildman–Crippen MR) is 120 cm³/mol. The first-order chi connectivity index (χ1) is 14.6. The molecule has 0 aliphatic heterocycles. The minimum absolute atomic E-state index is 0.00952. The second-order valence-corrected chi connectivity index (χ2v) is 7.11. The number of fused-ring (bicyclic) bond motifs is 1. The van der Waals surface area contributed by atoms with Crippen molar-refractivity contribution >= 4 is 22.6 Å². The zero-order valence-electron chi connectivity index (χ0n) is 16.8.